The molecule has 2 aliphatic heterocycles. The number of amides is 1. The number of piperidine rings is 1. The van der Waals surface area contributed by atoms with E-state index >= 15 is 0 Å². The molecule has 3 aromatic heterocycles. The second-order valence-corrected chi connectivity index (χ2v) is 9.51. The number of anilines is 3. The third-order valence-corrected chi connectivity index (χ3v) is 7.21. The maximum atomic E-state index is 12.5. The van der Waals surface area contributed by atoms with Gasteiger partial charge in [-0.05, 0) is 58.3 Å². The maximum absolute atomic E-state index is 12.5. The Morgan fingerprint density at radius 3 is 2.69 bits per heavy atom. The van der Waals surface area contributed by atoms with Crippen molar-refractivity contribution in [1.82, 2.24) is 30.3 Å². The number of pyridine rings is 2. The minimum atomic E-state index is -0.0481. The number of hydrogen-bond donors (Lipinski definition) is 3. The lowest BCUT2D eigenvalue weighted by Crippen LogP contribution is -2.40. The van der Waals surface area contributed by atoms with Gasteiger partial charge in [-0.2, -0.15) is 4.98 Å². The van der Waals surface area contributed by atoms with Crippen LogP contribution >= 0.6 is 0 Å². The van der Waals surface area contributed by atoms with Crippen LogP contribution < -0.4 is 16.0 Å². The van der Waals surface area contributed by atoms with Gasteiger partial charge in [0.1, 0.15) is 11.6 Å². The fraction of sp³-hybridized carbons (Fsp3) is 0.480. The highest BCUT2D eigenvalue weighted by Gasteiger charge is 2.37. The number of nitrogens with zero attached hydrogens (tertiary/aromatic N) is 5. The minimum Gasteiger partial charge on any atom is -0.387 e. The molecule has 0 aromatic carbocycles. The number of rotatable bonds is 7. The van der Waals surface area contributed by atoms with Crippen LogP contribution in [0.1, 0.15) is 61.9 Å². The molecule has 3 N–H and O–H groups in total. The smallest absolute Gasteiger partial charge is 0.261 e. The van der Waals surface area contributed by atoms with Gasteiger partial charge in [-0.15, -0.1) is 0 Å². The first-order valence-electron chi connectivity index (χ1n) is 12.2. The highest BCUT2D eigenvalue weighted by molar-refractivity contribution is 5.98. The second kappa shape index (κ2) is 9.26. The van der Waals surface area contributed by atoms with Gasteiger partial charge in [0, 0.05) is 30.8 Å². The summed E-state index contributed by atoms with van der Waals surface area (Å²) in [6, 6.07) is 5.66. The molecule has 0 unspecified atom stereocenters. The highest BCUT2D eigenvalue weighted by Crippen LogP contribution is 2.37. The van der Waals surface area contributed by atoms with Crippen LogP contribution in [0.4, 0.5) is 17.3 Å². The van der Waals surface area contributed by atoms with Gasteiger partial charge in [-0.3, -0.25) is 4.79 Å². The van der Waals surface area contributed by atoms with Crippen LogP contribution in [0.15, 0.2) is 28.9 Å². The molecule has 35 heavy (non-hydrogen) atoms. The van der Waals surface area contributed by atoms with E-state index in [9.17, 15) is 4.79 Å². The lowest BCUT2D eigenvalue weighted by Gasteiger charge is -2.33. The molecule has 2 aliphatic rings. The molecule has 0 radical (unpaired) electrons. The number of carbonyl (C=O) groups is 1. The highest BCUT2D eigenvalue weighted by atomic mass is 16.5. The van der Waals surface area contributed by atoms with E-state index < -0.39 is 0 Å². The Bertz CT molecular complexity index is 1230. The molecule has 0 atom stereocenters. The number of fused-ring (bicyclic) bond motifs is 1. The lowest BCUT2D eigenvalue weighted by atomic mass is 9.76. The monoisotopic (exact) mass is 476 g/mol. The third kappa shape index (κ3) is 4.22. The number of nitrogens with one attached hydrogen (secondary N) is 3. The molecule has 5 heterocycles. The fourth-order valence-corrected chi connectivity index (χ4v) is 4.91. The van der Waals surface area contributed by atoms with Crippen molar-refractivity contribution < 1.29 is 9.32 Å². The summed E-state index contributed by atoms with van der Waals surface area (Å²) >= 11 is 0. The summed E-state index contributed by atoms with van der Waals surface area (Å²) in [5.74, 6) is 2.52. The molecule has 5 rings (SSSR count). The minimum absolute atomic E-state index is 0.0299. The molecular weight excluding hydrogens is 444 g/mol. The molecule has 10 heteroatoms. The SMILES string of the molecule is CCC1(c2noc(-c3cnc(Nc4ccc5c(n4)CN(C(C)C)C5=O)cc3NC)n2)CCNCC1. The largest absolute Gasteiger partial charge is 0.387 e. The topological polar surface area (TPSA) is 121 Å². The predicted octanol–water partition coefficient (Wildman–Crippen LogP) is 3.71. The van der Waals surface area contributed by atoms with Crippen molar-refractivity contribution in [2.24, 2.45) is 0 Å². The first kappa shape index (κ1) is 23.2. The number of carbonyl (C=O) groups excluding carboxylic acids is 1. The van der Waals surface area contributed by atoms with E-state index in [-0.39, 0.29) is 17.4 Å². The van der Waals surface area contributed by atoms with Crippen LogP contribution in [0.3, 0.4) is 0 Å². The van der Waals surface area contributed by atoms with Crippen molar-refractivity contribution in [2.75, 3.05) is 30.8 Å². The van der Waals surface area contributed by atoms with Crippen molar-refractivity contribution in [2.45, 2.75) is 58.0 Å². The van der Waals surface area contributed by atoms with E-state index in [2.05, 4.69) is 38.0 Å². The second-order valence-electron chi connectivity index (χ2n) is 9.51. The zero-order chi connectivity index (χ0) is 24.6. The van der Waals surface area contributed by atoms with Gasteiger partial charge in [-0.25, -0.2) is 9.97 Å². The molecule has 0 bridgehead atoms. The molecular formula is C25H32N8O2. The quantitative estimate of drug-likeness (QED) is 0.468. The standard InChI is InChI=1S/C25H32N8O2/c1-5-25(8-10-27-11-9-25)24-31-22(35-32-24)17-13-28-21(12-18(17)26-4)30-20-7-6-16-19(29-20)14-33(15(2)3)23(16)34/h6-7,12-13,15,27H,5,8-11,14H2,1-4H3,(H2,26,28,29,30). The van der Waals surface area contributed by atoms with Crippen molar-refractivity contribution in [3.05, 3.63) is 41.5 Å². The number of hydrogen-bond acceptors (Lipinski definition) is 9. The Labute approximate surface area is 204 Å². The van der Waals surface area contributed by atoms with E-state index in [0.717, 1.165) is 55.1 Å². The van der Waals surface area contributed by atoms with Crippen LogP contribution in [0.5, 0.6) is 0 Å². The van der Waals surface area contributed by atoms with Crippen LogP contribution in [-0.4, -0.2) is 57.1 Å². The maximum Gasteiger partial charge on any atom is 0.261 e. The van der Waals surface area contributed by atoms with Crippen LogP contribution in [-0.2, 0) is 12.0 Å². The normalized spacial score (nSPS) is 17.1. The molecule has 0 saturated carbocycles. The summed E-state index contributed by atoms with van der Waals surface area (Å²) in [6.07, 6.45) is 4.69. The zero-order valence-electron chi connectivity index (χ0n) is 20.7. The van der Waals surface area contributed by atoms with Gasteiger partial charge in [0.2, 0.25) is 0 Å². The van der Waals surface area contributed by atoms with Crippen LogP contribution in [0, 0.1) is 0 Å². The average Bonchev–Trinajstić information content (AvgIpc) is 3.50. The Kier molecular flexibility index (Phi) is 6.14. The first-order valence-corrected chi connectivity index (χ1v) is 12.2. The van der Waals surface area contributed by atoms with E-state index in [1.165, 1.54) is 0 Å². The van der Waals surface area contributed by atoms with E-state index in [1.807, 2.05) is 44.0 Å². The van der Waals surface area contributed by atoms with Gasteiger partial charge in [0.15, 0.2) is 5.82 Å². The fourth-order valence-electron chi connectivity index (χ4n) is 4.91. The predicted molar refractivity (Wildman–Crippen MR) is 134 cm³/mol. The van der Waals surface area contributed by atoms with Crippen LogP contribution in [0.25, 0.3) is 11.5 Å². The van der Waals surface area contributed by atoms with Crippen molar-refractivity contribution in [1.29, 1.82) is 0 Å². The average molecular weight is 477 g/mol. The molecule has 3 aromatic rings. The van der Waals surface area contributed by atoms with Gasteiger partial charge in [0.05, 0.1) is 29.1 Å². The molecule has 0 aliphatic carbocycles. The number of aromatic nitrogens is 4. The van der Waals surface area contributed by atoms with Gasteiger partial charge in [0.25, 0.3) is 11.8 Å². The van der Waals surface area contributed by atoms with E-state index in [0.29, 0.717) is 29.6 Å². The summed E-state index contributed by atoms with van der Waals surface area (Å²) in [7, 11) is 1.85. The Morgan fingerprint density at radius 1 is 1.17 bits per heavy atom. The van der Waals surface area contributed by atoms with E-state index in [1.54, 1.807) is 6.20 Å². The Morgan fingerprint density at radius 2 is 1.97 bits per heavy atom. The van der Waals surface area contributed by atoms with Gasteiger partial charge < -0.3 is 25.4 Å². The lowest BCUT2D eigenvalue weighted by molar-refractivity contribution is 0.0730. The van der Waals surface area contributed by atoms with Crippen LogP contribution in [0.2, 0.25) is 0 Å². The summed E-state index contributed by atoms with van der Waals surface area (Å²) in [6.45, 7) is 8.64. The summed E-state index contributed by atoms with van der Waals surface area (Å²) in [5, 5.41) is 14.2. The molecule has 10 nitrogen and oxygen atoms in total. The Hall–Kier alpha value is -3.53. The van der Waals surface area contributed by atoms with Crippen molar-refractivity contribution in [3.8, 4) is 11.5 Å². The molecule has 184 valence electrons. The molecule has 1 saturated heterocycles. The van der Waals surface area contributed by atoms with E-state index in [4.69, 9.17) is 9.51 Å². The van der Waals surface area contributed by atoms with Gasteiger partial charge >= 0.3 is 0 Å². The third-order valence-electron chi connectivity index (χ3n) is 7.21. The molecule has 0 spiro atoms. The first-order chi connectivity index (χ1) is 16.9. The molecule has 1 fully saturated rings. The summed E-state index contributed by atoms with van der Waals surface area (Å²) in [4.78, 5) is 28.4. The Balaban J connectivity index is 1.37. The van der Waals surface area contributed by atoms with Crippen molar-refractivity contribution >= 4 is 23.2 Å². The summed E-state index contributed by atoms with van der Waals surface area (Å²) in [5.41, 5.74) is 2.95. The molecule has 1 amide bonds. The zero-order valence-corrected chi connectivity index (χ0v) is 20.7. The van der Waals surface area contributed by atoms with Gasteiger partial charge in [-0.1, -0.05) is 12.1 Å². The summed E-state index contributed by atoms with van der Waals surface area (Å²) < 4.78 is 5.69. The van der Waals surface area contributed by atoms with Crippen molar-refractivity contribution in [3.63, 3.8) is 0 Å².